The summed E-state index contributed by atoms with van der Waals surface area (Å²) in [6, 6.07) is 39.7. The quantitative estimate of drug-likeness (QED) is 0.0731. The molecule has 6 nitrogen and oxygen atoms in total. The predicted molar refractivity (Wildman–Crippen MR) is 226 cm³/mol. The van der Waals surface area contributed by atoms with Crippen molar-refractivity contribution in [2.24, 2.45) is 0 Å². The molecule has 57 heavy (non-hydrogen) atoms. The zero-order valence-electron chi connectivity index (χ0n) is 32.7. The molecule has 0 saturated heterocycles. The topological polar surface area (TPSA) is 121 Å². The van der Waals surface area contributed by atoms with E-state index in [0.717, 1.165) is 38.9 Å². The average Bonchev–Trinajstić information content (AvgIpc) is 3.18. The Labute approximate surface area is 334 Å². The molecule has 0 aromatic heterocycles. The summed E-state index contributed by atoms with van der Waals surface area (Å²) < 4.78 is 0. The zero-order valence-corrected chi connectivity index (χ0v) is 32.7. The lowest BCUT2D eigenvalue weighted by Crippen LogP contribution is -2.09. The zero-order chi connectivity index (χ0) is 40.4. The molecule has 0 fully saturated rings. The Morgan fingerprint density at radius 2 is 0.596 bits per heavy atom. The second-order valence-electron chi connectivity index (χ2n) is 15.5. The van der Waals surface area contributed by atoms with E-state index in [2.05, 4.69) is 12.1 Å². The smallest absolute Gasteiger partial charge is 0.122 e. The van der Waals surface area contributed by atoms with Crippen LogP contribution in [0.1, 0.15) is 89.4 Å². The maximum absolute atomic E-state index is 12.0. The molecule has 0 atom stereocenters. The molecule has 7 aromatic carbocycles. The van der Waals surface area contributed by atoms with E-state index < -0.39 is 5.92 Å². The monoisotopic (exact) mass is 756 g/mol. The summed E-state index contributed by atoms with van der Waals surface area (Å²) in [4.78, 5) is 0. The van der Waals surface area contributed by atoms with E-state index in [0.29, 0.717) is 44.5 Å². The Bertz CT molecular complexity index is 2280. The molecule has 6 N–H and O–H groups in total. The van der Waals surface area contributed by atoms with Gasteiger partial charge in [-0.05, 0) is 113 Å². The van der Waals surface area contributed by atoms with Crippen LogP contribution in [0.15, 0.2) is 127 Å². The standard InChI is InChI=1S/C51H48O6/c1-30-10-14-45(52)35(18-30)22-41-26-39(27-42(50(41)56)23-36-19-31(2)11-15-46(36)53)49(34-8-6-5-7-9-34)40-28-43(24-37-20-32(3)12-16-47(37)54)51(57)44(29-40)25-38-21-33(4)13-17-48(38)55/h5-21,26-29,49,52-57H,22-25H2,1-4H3. The lowest BCUT2D eigenvalue weighted by molar-refractivity contribution is 0.455. The summed E-state index contributed by atoms with van der Waals surface area (Å²) in [6.07, 6.45) is 1.03. The number of phenolic OH excluding ortho intramolecular Hbond substituents is 6. The van der Waals surface area contributed by atoms with Crippen molar-refractivity contribution in [1.29, 1.82) is 0 Å². The van der Waals surface area contributed by atoms with Crippen molar-refractivity contribution >= 4 is 0 Å². The molecule has 288 valence electrons. The minimum absolute atomic E-state index is 0.0873. The average molecular weight is 757 g/mol. The van der Waals surface area contributed by atoms with E-state index >= 15 is 0 Å². The van der Waals surface area contributed by atoms with E-state index in [1.807, 2.05) is 119 Å². The molecule has 0 unspecified atom stereocenters. The molecule has 0 heterocycles. The summed E-state index contributed by atoms with van der Waals surface area (Å²) in [5.74, 6) is 0.304. The van der Waals surface area contributed by atoms with E-state index in [-0.39, 0.29) is 60.2 Å². The molecule has 6 heteroatoms. The fourth-order valence-corrected chi connectivity index (χ4v) is 7.91. The maximum atomic E-state index is 12.0. The predicted octanol–water partition coefficient (Wildman–Crippen LogP) is 10.7. The third-order valence-electron chi connectivity index (χ3n) is 10.8. The molecular weight excluding hydrogens is 709 g/mol. The van der Waals surface area contributed by atoms with Crippen molar-refractivity contribution in [1.82, 2.24) is 0 Å². The highest BCUT2D eigenvalue weighted by atomic mass is 16.3. The molecule has 0 aliphatic heterocycles. The van der Waals surface area contributed by atoms with Gasteiger partial charge in [0.05, 0.1) is 0 Å². The van der Waals surface area contributed by atoms with Gasteiger partial charge < -0.3 is 30.6 Å². The van der Waals surface area contributed by atoms with Crippen molar-refractivity contribution < 1.29 is 30.6 Å². The van der Waals surface area contributed by atoms with Crippen LogP contribution in [0, 0.1) is 27.7 Å². The Balaban J connectivity index is 1.47. The fourth-order valence-electron chi connectivity index (χ4n) is 7.91. The highest BCUT2D eigenvalue weighted by Gasteiger charge is 2.25. The molecule has 0 bridgehead atoms. The second kappa shape index (κ2) is 16.2. The lowest BCUT2D eigenvalue weighted by atomic mass is 9.80. The van der Waals surface area contributed by atoms with E-state index in [9.17, 15) is 30.6 Å². The summed E-state index contributed by atoms with van der Waals surface area (Å²) in [7, 11) is 0. The van der Waals surface area contributed by atoms with Crippen LogP contribution in [0.5, 0.6) is 34.5 Å². The molecule has 0 spiro atoms. The van der Waals surface area contributed by atoms with Gasteiger partial charge in [-0.2, -0.15) is 0 Å². The maximum Gasteiger partial charge on any atom is 0.122 e. The first-order chi connectivity index (χ1) is 27.3. The minimum Gasteiger partial charge on any atom is -0.508 e. The first-order valence-corrected chi connectivity index (χ1v) is 19.2. The van der Waals surface area contributed by atoms with Gasteiger partial charge in [0.2, 0.25) is 0 Å². The van der Waals surface area contributed by atoms with Gasteiger partial charge in [0.25, 0.3) is 0 Å². The third kappa shape index (κ3) is 8.61. The Kier molecular flexibility index (Phi) is 11.0. The Morgan fingerprint density at radius 1 is 0.316 bits per heavy atom. The molecule has 0 saturated carbocycles. The van der Waals surface area contributed by atoms with Gasteiger partial charge in [0.15, 0.2) is 0 Å². The number of benzene rings is 7. The Morgan fingerprint density at radius 3 is 0.877 bits per heavy atom. The number of hydrogen-bond donors (Lipinski definition) is 6. The van der Waals surface area contributed by atoms with Crippen LogP contribution in [0.4, 0.5) is 0 Å². The SMILES string of the molecule is Cc1ccc(O)c(Cc2cc(C(c3ccccc3)c3cc(Cc4cc(C)ccc4O)c(O)c(Cc4cc(C)ccc4O)c3)cc(Cc3cc(C)ccc3O)c2O)c1. The highest BCUT2D eigenvalue weighted by Crippen LogP contribution is 2.42. The summed E-state index contributed by atoms with van der Waals surface area (Å²) in [5, 5.41) is 67.7. The van der Waals surface area contributed by atoms with Gasteiger partial charge in [0, 0.05) is 31.6 Å². The van der Waals surface area contributed by atoms with Crippen LogP contribution in [-0.2, 0) is 25.7 Å². The van der Waals surface area contributed by atoms with Crippen molar-refractivity contribution in [2.45, 2.75) is 59.3 Å². The van der Waals surface area contributed by atoms with Gasteiger partial charge in [0.1, 0.15) is 34.5 Å². The van der Waals surface area contributed by atoms with E-state index in [1.54, 1.807) is 24.3 Å². The first kappa shape index (κ1) is 38.6. The van der Waals surface area contributed by atoms with E-state index in [1.165, 1.54) is 0 Å². The van der Waals surface area contributed by atoms with Crippen molar-refractivity contribution in [3.63, 3.8) is 0 Å². The number of aromatic hydroxyl groups is 6. The molecule has 0 amide bonds. The number of hydrogen-bond acceptors (Lipinski definition) is 6. The number of rotatable bonds is 11. The van der Waals surface area contributed by atoms with Crippen molar-refractivity contribution in [3.05, 3.63) is 211 Å². The number of phenols is 6. The summed E-state index contributed by atoms with van der Waals surface area (Å²) in [6.45, 7) is 7.85. The van der Waals surface area contributed by atoms with Crippen LogP contribution in [0.25, 0.3) is 0 Å². The molecule has 0 radical (unpaired) electrons. The van der Waals surface area contributed by atoms with Gasteiger partial charge >= 0.3 is 0 Å². The van der Waals surface area contributed by atoms with Crippen LogP contribution in [0.3, 0.4) is 0 Å². The van der Waals surface area contributed by atoms with Crippen LogP contribution in [0.2, 0.25) is 0 Å². The first-order valence-electron chi connectivity index (χ1n) is 19.2. The highest BCUT2D eigenvalue weighted by molar-refractivity contribution is 5.58. The lowest BCUT2D eigenvalue weighted by Gasteiger charge is -2.24. The van der Waals surface area contributed by atoms with Gasteiger partial charge in [-0.25, -0.2) is 0 Å². The molecular formula is C51H48O6. The van der Waals surface area contributed by atoms with Crippen LogP contribution >= 0.6 is 0 Å². The Hall–Kier alpha value is -6.66. The molecule has 7 aromatic rings. The van der Waals surface area contributed by atoms with E-state index in [4.69, 9.17) is 0 Å². The van der Waals surface area contributed by atoms with Crippen LogP contribution in [-0.4, -0.2) is 30.6 Å². The normalized spacial score (nSPS) is 11.3. The summed E-state index contributed by atoms with van der Waals surface area (Å²) in [5.41, 5.74) is 11.8. The van der Waals surface area contributed by atoms with Crippen LogP contribution < -0.4 is 0 Å². The van der Waals surface area contributed by atoms with Gasteiger partial charge in [-0.15, -0.1) is 0 Å². The van der Waals surface area contributed by atoms with Gasteiger partial charge in [-0.3, -0.25) is 0 Å². The minimum atomic E-state index is -0.406. The van der Waals surface area contributed by atoms with Gasteiger partial charge in [-0.1, -0.05) is 125 Å². The molecule has 0 aliphatic carbocycles. The molecule has 7 rings (SSSR count). The van der Waals surface area contributed by atoms with Crippen molar-refractivity contribution in [2.75, 3.05) is 0 Å². The third-order valence-corrected chi connectivity index (χ3v) is 10.8. The number of aryl methyl sites for hydroxylation is 4. The molecule has 0 aliphatic rings. The largest absolute Gasteiger partial charge is 0.508 e. The second-order valence-corrected chi connectivity index (χ2v) is 15.5. The fraction of sp³-hybridized carbons (Fsp3) is 0.176. The van der Waals surface area contributed by atoms with Crippen molar-refractivity contribution in [3.8, 4) is 34.5 Å². The summed E-state index contributed by atoms with van der Waals surface area (Å²) >= 11 is 0.